The van der Waals surface area contributed by atoms with Gasteiger partial charge in [-0.05, 0) is 69.2 Å². The van der Waals surface area contributed by atoms with E-state index in [0.717, 1.165) is 65.0 Å². The van der Waals surface area contributed by atoms with Crippen LogP contribution in [0, 0.1) is 5.92 Å². The van der Waals surface area contributed by atoms with Gasteiger partial charge >= 0.3 is 6.09 Å². The molecule has 4 aromatic rings. The van der Waals surface area contributed by atoms with Crippen molar-refractivity contribution in [2.75, 3.05) is 11.1 Å². The summed E-state index contributed by atoms with van der Waals surface area (Å²) < 4.78 is 13.9. The van der Waals surface area contributed by atoms with Crippen LogP contribution in [0.25, 0.3) is 22.2 Å². The molecule has 0 saturated heterocycles. The van der Waals surface area contributed by atoms with Crippen LogP contribution in [0.2, 0.25) is 0 Å². The number of rotatable bonds is 8. The quantitative estimate of drug-likeness (QED) is 0.295. The molecule has 1 amide bonds. The zero-order valence-corrected chi connectivity index (χ0v) is 20.9. The molecule has 0 bridgehead atoms. The summed E-state index contributed by atoms with van der Waals surface area (Å²) in [6.45, 7) is 2.30. The van der Waals surface area contributed by atoms with E-state index in [1.807, 2.05) is 43.3 Å². The molecule has 3 N–H and O–H groups in total. The second kappa shape index (κ2) is 9.76. The van der Waals surface area contributed by atoms with E-state index in [4.69, 9.17) is 15.2 Å². The number of hydrogen-bond acceptors (Lipinski definition) is 6. The van der Waals surface area contributed by atoms with Gasteiger partial charge in [-0.2, -0.15) is 0 Å². The van der Waals surface area contributed by atoms with Gasteiger partial charge in [-0.25, -0.2) is 4.79 Å². The number of hydrogen-bond donors (Lipinski definition) is 2. The van der Waals surface area contributed by atoms with Crippen LogP contribution in [-0.2, 0) is 11.3 Å². The molecule has 1 unspecified atom stereocenters. The molecule has 8 nitrogen and oxygen atoms in total. The average molecular weight is 498 g/mol. The Bertz CT molecular complexity index is 1410. The summed E-state index contributed by atoms with van der Waals surface area (Å²) in [6, 6.07) is 14.2. The lowest BCUT2D eigenvalue weighted by Crippen LogP contribution is -2.21. The third-order valence-corrected chi connectivity index (χ3v) is 7.44. The van der Waals surface area contributed by atoms with E-state index in [1.165, 1.54) is 6.42 Å². The smallest absolute Gasteiger partial charge is 0.411 e. The van der Waals surface area contributed by atoms with Gasteiger partial charge < -0.3 is 19.8 Å². The number of nitrogen functional groups attached to an aromatic ring is 1. The standard InChI is InChI=1S/C29H31N5O3/c1-18(19-5-6-19)37-29(35)33-21-9-7-20(8-10-21)28-27(30)25-12-11-24(36-17-22-16-31-13-14-32-22)15-26(25)34(28)23-3-2-4-23/h7-16,18-19,23H,2-6,17,30H2,1H3,(H,33,35). The minimum atomic E-state index is -0.413. The molecule has 6 rings (SSSR count). The highest BCUT2D eigenvalue weighted by molar-refractivity contribution is 6.01. The number of aromatic nitrogens is 3. The van der Waals surface area contributed by atoms with Crippen LogP contribution in [0.5, 0.6) is 5.75 Å². The summed E-state index contributed by atoms with van der Waals surface area (Å²) in [5.74, 6) is 1.27. The van der Waals surface area contributed by atoms with Gasteiger partial charge in [0.15, 0.2) is 0 Å². The minimum Gasteiger partial charge on any atom is -0.487 e. The first-order valence-electron chi connectivity index (χ1n) is 13.0. The number of anilines is 2. The lowest BCUT2D eigenvalue weighted by atomic mass is 9.92. The molecule has 0 spiro atoms. The Labute approximate surface area is 215 Å². The molecular weight excluding hydrogens is 466 g/mol. The normalized spacial score (nSPS) is 16.2. The van der Waals surface area contributed by atoms with Crippen LogP contribution in [0.3, 0.4) is 0 Å². The van der Waals surface area contributed by atoms with E-state index in [1.54, 1.807) is 18.6 Å². The number of ether oxygens (including phenoxy) is 2. The highest BCUT2D eigenvalue weighted by atomic mass is 16.6. The first-order chi connectivity index (χ1) is 18.1. The molecule has 8 heteroatoms. The van der Waals surface area contributed by atoms with Crippen molar-refractivity contribution in [3.63, 3.8) is 0 Å². The molecule has 2 aromatic carbocycles. The zero-order chi connectivity index (χ0) is 25.4. The van der Waals surface area contributed by atoms with Crippen LogP contribution in [-0.4, -0.2) is 26.7 Å². The fourth-order valence-corrected chi connectivity index (χ4v) is 4.98. The van der Waals surface area contributed by atoms with Gasteiger partial charge in [-0.1, -0.05) is 12.1 Å². The lowest BCUT2D eigenvalue weighted by Gasteiger charge is -2.30. The van der Waals surface area contributed by atoms with E-state index in [0.29, 0.717) is 24.3 Å². The summed E-state index contributed by atoms with van der Waals surface area (Å²) in [4.78, 5) is 20.7. The number of amides is 1. The molecule has 2 saturated carbocycles. The monoisotopic (exact) mass is 497 g/mol. The Kier molecular flexibility index (Phi) is 6.16. The molecule has 2 aliphatic carbocycles. The van der Waals surface area contributed by atoms with Crippen LogP contribution < -0.4 is 15.8 Å². The number of carbonyl (C=O) groups is 1. The van der Waals surface area contributed by atoms with Crippen molar-refractivity contribution in [1.82, 2.24) is 14.5 Å². The fourth-order valence-electron chi connectivity index (χ4n) is 4.98. The number of benzene rings is 2. The maximum absolute atomic E-state index is 12.3. The number of nitrogens with zero attached hydrogens (tertiary/aromatic N) is 3. The third-order valence-electron chi connectivity index (χ3n) is 7.44. The zero-order valence-electron chi connectivity index (χ0n) is 20.9. The van der Waals surface area contributed by atoms with Crippen molar-refractivity contribution in [2.45, 2.75) is 57.8 Å². The molecule has 2 aromatic heterocycles. The van der Waals surface area contributed by atoms with Crippen molar-refractivity contribution >= 4 is 28.4 Å². The maximum Gasteiger partial charge on any atom is 0.411 e. The number of fused-ring (bicyclic) bond motifs is 1. The molecule has 37 heavy (non-hydrogen) atoms. The van der Waals surface area contributed by atoms with Gasteiger partial charge in [-0.3, -0.25) is 15.3 Å². The Morgan fingerprint density at radius 1 is 1.14 bits per heavy atom. The Morgan fingerprint density at radius 3 is 2.62 bits per heavy atom. The van der Waals surface area contributed by atoms with Crippen molar-refractivity contribution in [3.8, 4) is 17.0 Å². The van der Waals surface area contributed by atoms with Gasteiger partial charge in [0.05, 0.1) is 28.8 Å². The third kappa shape index (κ3) is 4.83. The van der Waals surface area contributed by atoms with Crippen LogP contribution in [0.1, 0.15) is 50.8 Å². The minimum absolute atomic E-state index is 0.0493. The van der Waals surface area contributed by atoms with E-state index >= 15 is 0 Å². The molecule has 0 aliphatic heterocycles. The first-order valence-corrected chi connectivity index (χ1v) is 13.0. The lowest BCUT2D eigenvalue weighted by molar-refractivity contribution is 0.108. The molecular formula is C29H31N5O3. The molecule has 2 heterocycles. The van der Waals surface area contributed by atoms with Crippen molar-refractivity contribution < 1.29 is 14.3 Å². The van der Waals surface area contributed by atoms with Crippen molar-refractivity contribution in [3.05, 3.63) is 66.7 Å². The van der Waals surface area contributed by atoms with Gasteiger partial charge in [0.2, 0.25) is 0 Å². The Balaban J connectivity index is 1.27. The molecule has 2 aliphatic rings. The molecule has 190 valence electrons. The van der Waals surface area contributed by atoms with Crippen LogP contribution >= 0.6 is 0 Å². The Hall–Kier alpha value is -4.07. The van der Waals surface area contributed by atoms with E-state index in [-0.39, 0.29) is 6.10 Å². The first kappa shape index (κ1) is 23.3. The van der Waals surface area contributed by atoms with Gasteiger partial charge in [0.25, 0.3) is 0 Å². The largest absolute Gasteiger partial charge is 0.487 e. The maximum atomic E-state index is 12.3. The van der Waals surface area contributed by atoms with Crippen LogP contribution in [0.15, 0.2) is 61.1 Å². The highest BCUT2D eigenvalue weighted by Gasteiger charge is 2.31. The fraction of sp³-hybridized carbons (Fsp3) is 0.345. The number of carbonyl (C=O) groups excluding carboxylic acids is 1. The number of nitrogens with one attached hydrogen (secondary N) is 1. The summed E-state index contributed by atoms with van der Waals surface area (Å²) >= 11 is 0. The van der Waals surface area contributed by atoms with E-state index < -0.39 is 6.09 Å². The summed E-state index contributed by atoms with van der Waals surface area (Å²) in [6.07, 6.45) is 10.3. The second-order valence-corrected chi connectivity index (χ2v) is 10.0. The molecule has 1 atom stereocenters. The molecule has 2 fully saturated rings. The Morgan fingerprint density at radius 2 is 1.95 bits per heavy atom. The van der Waals surface area contributed by atoms with Gasteiger partial charge in [-0.15, -0.1) is 0 Å². The summed E-state index contributed by atoms with van der Waals surface area (Å²) in [5.41, 5.74) is 12.0. The summed E-state index contributed by atoms with van der Waals surface area (Å²) in [5, 5.41) is 3.85. The highest BCUT2D eigenvalue weighted by Crippen LogP contribution is 2.45. The van der Waals surface area contributed by atoms with Gasteiger partial charge in [0.1, 0.15) is 18.5 Å². The van der Waals surface area contributed by atoms with E-state index in [9.17, 15) is 4.79 Å². The SMILES string of the molecule is CC(OC(=O)Nc1ccc(-c2c(N)c3ccc(OCc4cnccn4)cc3n2C2CCC2)cc1)C1CC1. The second-order valence-electron chi connectivity index (χ2n) is 10.0. The van der Waals surface area contributed by atoms with Crippen molar-refractivity contribution in [2.24, 2.45) is 5.92 Å². The summed E-state index contributed by atoms with van der Waals surface area (Å²) in [7, 11) is 0. The van der Waals surface area contributed by atoms with Crippen LogP contribution in [0.4, 0.5) is 16.2 Å². The number of nitrogens with two attached hydrogens (primary N) is 1. The molecule has 0 radical (unpaired) electrons. The predicted molar refractivity (Wildman–Crippen MR) is 143 cm³/mol. The average Bonchev–Trinajstić information content (AvgIpc) is 3.69. The van der Waals surface area contributed by atoms with Gasteiger partial charge in [0, 0.05) is 41.1 Å². The topological polar surface area (TPSA) is 104 Å². The van der Waals surface area contributed by atoms with Crippen molar-refractivity contribution in [1.29, 1.82) is 0 Å². The van der Waals surface area contributed by atoms with E-state index in [2.05, 4.69) is 25.9 Å². The predicted octanol–water partition coefficient (Wildman–Crippen LogP) is 6.33.